The summed E-state index contributed by atoms with van der Waals surface area (Å²) < 4.78 is 10.8. The van der Waals surface area contributed by atoms with Crippen LogP contribution < -0.4 is 5.32 Å². The van der Waals surface area contributed by atoms with Gasteiger partial charge in [-0.15, -0.1) is 11.3 Å². The van der Waals surface area contributed by atoms with Crippen molar-refractivity contribution < 1.29 is 14.1 Å². The Bertz CT molecular complexity index is 1040. The molecule has 5 rings (SSSR count). The fourth-order valence-electron chi connectivity index (χ4n) is 4.48. The summed E-state index contributed by atoms with van der Waals surface area (Å²) in [4.78, 5) is 22.9. The maximum Gasteiger partial charge on any atom is 0.241 e. The average Bonchev–Trinajstić information content (AvgIpc) is 3.57. The predicted octanol–water partition coefficient (Wildman–Crippen LogP) is 3.16. The molecule has 1 aromatic carbocycles. The van der Waals surface area contributed by atoms with Gasteiger partial charge in [0.2, 0.25) is 17.6 Å². The molecule has 3 aromatic rings. The van der Waals surface area contributed by atoms with E-state index in [9.17, 15) is 4.79 Å². The fourth-order valence-corrected chi connectivity index (χ4v) is 5.13. The van der Waals surface area contributed by atoms with E-state index < -0.39 is 0 Å². The molecule has 0 bridgehead atoms. The third-order valence-corrected chi connectivity index (χ3v) is 7.39. The smallest absolute Gasteiger partial charge is 0.241 e. The largest absolute Gasteiger partial charge is 0.379 e. The van der Waals surface area contributed by atoms with Gasteiger partial charge < -0.3 is 14.6 Å². The Morgan fingerprint density at radius 2 is 1.74 bits per heavy atom. The van der Waals surface area contributed by atoms with Crippen molar-refractivity contribution in [1.29, 1.82) is 0 Å². The van der Waals surface area contributed by atoms with Gasteiger partial charge in [-0.3, -0.25) is 14.6 Å². The van der Waals surface area contributed by atoms with Crippen molar-refractivity contribution in [2.24, 2.45) is 5.92 Å². The molecule has 9 heteroatoms. The molecule has 0 radical (unpaired) electrons. The minimum atomic E-state index is 0.0567. The number of thiophene rings is 1. The molecule has 2 fully saturated rings. The van der Waals surface area contributed by atoms with Crippen LogP contribution in [0.2, 0.25) is 0 Å². The van der Waals surface area contributed by atoms with Crippen LogP contribution in [0.1, 0.15) is 29.9 Å². The molecule has 180 valence electrons. The van der Waals surface area contributed by atoms with Gasteiger partial charge in [0.15, 0.2) is 0 Å². The van der Waals surface area contributed by atoms with Crippen LogP contribution in [-0.2, 0) is 29.2 Å². The first kappa shape index (κ1) is 23.2. The molecular weight excluding hydrogens is 450 g/mol. The van der Waals surface area contributed by atoms with Crippen molar-refractivity contribution in [3.8, 4) is 10.7 Å². The maximum atomic E-state index is 12.7. The number of hydrogen-bond donors (Lipinski definition) is 1. The Morgan fingerprint density at radius 1 is 1.00 bits per heavy atom. The highest BCUT2D eigenvalue weighted by atomic mass is 32.1. The van der Waals surface area contributed by atoms with Gasteiger partial charge in [0, 0.05) is 32.1 Å². The Balaban J connectivity index is 1.03. The van der Waals surface area contributed by atoms with Gasteiger partial charge in [0.1, 0.15) is 0 Å². The van der Waals surface area contributed by atoms with E-state index in [1.807, 2.05) is 17.5 Å². The molecule has 2 aliphatic heterocycles. The third-order valence-electron chi connectivity index (χ3n) is 6.53. The van der Waals surface area contributed by atoms with Gasteiger partial charge in [-0.25, -0.2) is 0 Å². The van der Waals surface area contributed by atoms with Gasteiger partial charge in [0.25, 0.3) is 0 Å². The van der Waals surface area contributed by atoms with E-state index >= 15 is 0 Å². The molecule has 0 atom stereocenters. The Labute approximate surface area is 203 Å². The topological polar surface area (TPSA) is 83.7 Å². The quantitative estimate of drug-likeness (QED) is 0.529. The van der Waals surface area contributed by atoms with Crippen molar-refractivity contribution in [3.63, 3.8) is 0 Å². The predicted molar refractivity (Wildman–Crippen MR) is 130 cm³/mol. The molecule has 2 aromatic heterocycles. The molecule has 2 saturated heterocycles. The second-order valence-electron chi connectivity index (χ2n) is 8.96. The number of nitrogens with zero attached hydrogens (tertiary/aromatic N) is 4. The summed E-state index contributed by atoms with van der Waals surface area (Å²) in [5, 5.41) is 9.21. The molecule has 1 amide bonds. The standard InChI is InChI=1S/C25H31N5O3S/c31-25(26-16-19-3-5-20(6-4-19)17-30-11-13-32-14-12-30)21-7-9-29(10-8-21)18-23-27-24(28-33-23)22-2-1-15-34-22/h1-6,15,21H,7-14,16-18H2,(H,26,31). The van der Waals surface area contributed by atoms with E-state index in [1.165, 1.54) is 5.56 Å². The first-order valence-corrected chi connectivity index (χ1v) is 12.9. The number of carbonyl (C=O) groups excluding carboxylic acids is 1. The van der Waals surface area contributed by atoms with Gasteiger partial charge in [0.05, 0.1) is 24.6 Å². The molecule has 2 aliphatic rings. The number of amides is 1. The number of hydrogen-bond acceptors (Lipinski definition) is 8. The lowest BCUT2D eigenvalue weighted by molar-refractivity contribution is -0.126. The third kappa shape index (κ3) is 6.09. The average molecular weight is 482 g/mol. The highest BCUT2D eigenvalue weighted by Crippen LogP contribution is 2.23. The van der Waals surface area contributed by atoms with Crippen molar-refractivity contribution >= 4 is 17.2 Å². The molecule has 0 unspecified atom stereocenters. The summed E-state index contributed by atoms with van der Waals surface area (Å²) in [6.45, 7) is 7.47. The summed E-state index contributed by atoms with van der Waals surface area (Å²) >= 11 is 1.60. The molecule has 4 heterocycles. The van der Waals surface area contributed by atoms with Gasteiger partial charge in [-0.1, -0.05) is 35.5 Å². The van der Waals surface area contributed by atoms with Crippen molar-refractivity contribution in [1.82, 2.24) is 25.3 Å². The molecule has 0 saturated carbocycles. The van der Waals surface area contributed by atoms with Crippen LogP contribution in [-0.4, -0.2) is 65.2 Å². The van der Waals surface area contributed by atoms with E-state index in [0.717, 1.165) is 69.2 Å². The summed E-state index contributed by atoms with van der Waals surface area (Å²) in [6.07, 6.45) is 1.69. The fraction of sp³-hybridized carbons (Fsp3) is 0.480. The van der Waals surface area contributed by atoms with Crippen molar-refractivity contribution in [3.05, 3.63) is 58.8 Å². The first-order chi connectivity index (χ1) is 16.7. The SMILES string of the molecule is O=C(NCc1ccc(CN2CCOCC2)cc1)C1CCN(Cc2nc(-c3cccs3)no2)CC1. The lowest BCUT2D eigenvalue weighted by Gasteiger charge is -2.30. The summed E-state index contributed by atoms with van der Waals surface area (Å²) in [5.74, 6) is 1.48. The normalized spacial score (nSPS) is 18.2. The molecule has 0 aliphatic carbocycles. The number of carbonyl (C=O) groups is 1. The van der Waals surface area contributed by atoms with Crippen LogP contribution >= 0.6 is 11.3 Å². The first-order valence-electron chi connectivity index (χ1n) is 12.0. The van der Waals surface area contributed by atoms with Gasteiger partial charge in [-0.2, -0.15) is 4.98 Å². The summed E-state index contributed by atoms with van der Waals surface area (Å²) in [7, 11) is 0. The number of rotatable bonds is 8. The van der Waals surface area contributed by atoms with Crippen LogP contribution in [0.4, 0.5) is 0 Å². The lowest BCUT2D eigenvalue weighted by Crippen LogP contribution is -2.40. The second-order valence-corrected chi connectivity index (χ2v) is 9.91. The lowest BCUT2D eigenvalue weighted by atomic mass is 9.96. The van der Waals surface area contributed by atoms with Crippen molar-refractivity contribution in [2.75, 3.05) is 39.4 Å². The number of nitrogens with one attached hydrogen (secondary N) is 1. The number of morpholine rings is 1. The molecule has 8 nitrogen and oxygen atoms in total. The highest BCUT2D eigenvalue weighted by Gasteiger charge is 2.26. The highest BCUT2D eigenvalue weighted by molar-refractivity contribution is 7.13. The van der Waals surface area contributed by atoms with Crippen LogP contribution in [0.3, 0.4) is 0 Å². The van der Waals surface area contributed by atoms with E-state index in [4.69, 9.17) is 9.26 Å². The van der Waals surface area contributed by atoms with Crippen LogP contribution in [0.25, 0.3) is 10.7 Å². The number of piperidine rings is 1. The van der Waals surface area contributed by atoms with Crippen LogP contribution in [0.5, 0.6) is 0 Å². The van der Waals surface area contributed by atoms with E-state index in [-0.39, 0.29) is 11.8 Å². The van der Waals surface area contributed by atoms with Crippen LogP contribution in [0, 0.1) is 5.92 Å². The molecule has 34 heavy (non-hydrogen) atoms. The number of benzene rings is 1. The Morgan fingerprint density at radius 3 is 2.47 bits per heavy atom. The van der Waals surface area contributed by atoms with Crippen LogP contribution in [0.15, 0.2) is 46.3 Å². The minimum Gasteiger partial charge on any atom is -0.379 e. The Hall–Kier alpha value is -2.59. The van der Waals surface area contributed by atoms with E-state index in [0.29, 0.717) is 24.8 Å². The second kappa shape index (κ2) is 11.2. The zero-order chi connectivity index (χ0) is 23.2. The monoisotopic (exact) mass is 481 g/mol. The zero-order valence-electron chi connectivity index (χ0n) is 19.3. The number of aromatic nitrogens is 2. The molecule has 0 spiro atoms. The van der Waals surface area contributed by atoms with Crippen molar-refractivity contribution in [2.45, 2.75) is 32.5 Å². The summed E-state index contributed by atoms with van der Waals surface area (Å²) in [5.41, 5.74) is 2.43. The summed E-state index contributed by atoms with van der Waals surface area (Å²) in [6, 6.07) is 12.5. The van der Waals surface area contributed by atoms with E-state index in [2.05, 4.69) is 49.5 Å². The Kier molecular flexibility index (Phi) is 7.65. The number of likely N-dealkylation sites (tertiary alicyclic amines) is 1. The maximum absolute atomic E-state index is 12.7. The zero-order valence-corrected chi connectivity index (χ0v) is 20.1. The molecular formula is C25H31N5O3S. The van der Waals surface area contributed by atoms with Gasteiger partial charge >= 0.3 is 0 Å². The number of ether oxygens (including phenoxy) is 1. The van der Waals surface area contributed by atoms with E-state index in [1.54, 1.807) is 11.3 Å². The van der Waals surface area contributed by atoms with Gasteiger partial charge in [-0.05, 0) is 48.5 Å². The minimum absolute atomic E-state index is 0.0567. The molecule has 1 N–H and O–H groups in total.